The standard InChI is InChI=1S/C14H10BrFN2O/c1-19-14-7-10(3-4-12(14)16)18-13-5-2-9(8-17)6-11(13)15/h2-7,18H,1H3. The second-order valence-corrected chi connectivity index (χ2v) is 4.64. The van der Waals surface area contributed by atoms with E-state index >= 15 is 0 Å². The highest BCUT2D eigenvalue weighted by molar-refractivity contribution is 9.10. The summed E-state index contributed by atoms with van der Waals surface area (Å²) in [4.78, 5) is 0. The highest BCUT2D eigenvalue weighted by atomic mass is 79.9. The minimum absolute atomic E-state index is 0.176. The molecule has 0 saturated carbocycles. The van der Waals surface area contributed by atoms with E-state index in [0.29, 0.717) is 11.3 Å². The van der Waals surface area contributed by atoms with Gasteiger partial charge in [0, 0.05) is 16.2 Å². The van der Waals surface area contributed by atoms with Crippen LogP contribution in [0, 0.1) is 17.1 Å². The van der Waals surface area contributed by atoms with Crippen LogP contribution < -0.4 is 10.1 Å². The van der Waals surface area contributed by atoms with Gasteiger partial charge in [-0.2, -0.15) is 5.26 Å². The lowest BCUT2D eigenvalue weighted by atomic mass is 10.2. The molecule has 0 aliphatic rings. The number of nitriles is 1. The summed E-state index contributed by atoms with van der Waals surface area (Å²) in [6.07, 6.45) is 0. The summed E-state index contributed by atoms with van der Waals surface area (Å²) < 4.78 is 19.0. The maximum atomic E-state index is 13.3. The molecule has 1 N–H and O–H groups in total. The number of ether oxygens (including phenoxy) is 1. The number of nitrogens with one attached hydrogen (secondary N) is 1. The van der Waals surface area contributed by atoms with Crippen LogP contribution in [0.4, 0.5) is 15.8 Å². The Hall–Kier alpha value is -2.06. The summed E-state index contributed by atoms with van der Waals surface area (Å²) >= 11 is 3.38. The molecule has 3 nitrogen and oxygen atoms in total. The third-order valence-electron chi connectivity index (χ3n) is 2.53. The van der Waals surface area contributed by atoms with Gasteiger partial charge >= 0.3 is 0 Å². The molecular formula is C14H10BrFN2O. The second-order valence-electron chi connectivity index (χ2n) is 3.78. The van der Waals surface area contributed by atoms with Crippen LogP contribution in [0.15, 0.2) is 40.9 Å². The molecule has 0 heterocycles. The van der Waals surface area contributed by atoms with Gasteiger partial charge in [-0.05, 0) is 46.3 Å². The second kappa shape index (κ2) is 5.72. The Morgan fingerprint density at radius 3 is 2.68 bits per heavy atom. The highest BCUT2D eigenvalue weighted by Gasteiger charge is 2.06. The molecule has 0 radical (unpaired) electrons. The summed E-state index contributed by atoms with van der Waals surface area (Å²) in [5.41, 5.74) is 2.05. The zero-order chi connectivity index (χ0) is 13.8. The number of rotatable bonds is 3. The van der Waals surface area contributed by atoms with Crippen LogP contribution in [0.3, 0.4) is 0 Å². The fourth-order valence-electron chi connectivity index (χ4n) is 1.58. The van der Waals surface area contributed by atoms with E-state index < -0.39 is 5.82 Å². The van der Waals surface area contributed by atoms with Crippen LogP contribution in [0.25, 0.3) is 0 Å². The van der Waals surface area contributed by atoms with Crippen molar-refractivity contribution in [1.82, 2.24) is 0 Å². The molecule has 0 amide bonds. The molecule has 2 rings (SSSR count). The molecule has 0 bridgehead atoms. The van der Waals surface area contributed by atoms with E-state index in [1.165, 1.54) is 13.2 Å². The van der Waals surface area contributed by atoms with Crippen molar-refractivity contribution < 1.29 is 9.13 Å². The van der Waals surface area contributed by atoms with E-state index in [2.05, 4.69) is 27.3 Å². The van der Waals surface area contributed by atoms with Gasteiger partial charge in [-0.3, -0.25) is 0 Å². The van der Waals surface area contributed by atoms with Crippen molar-refractivity contribution in [3.8, 4) is 11.8 Å². The van der Waals surface area contributed by atoms with Gasteiger partial charge in [0.05, 0.1) is 24.4 Å². The zero-order valence-electron chi connectivity index (χ0n) is 10.1. The fourth-order valence-corrected chi connectivity index (χ4v) is 2.06. The molecule has 0 aliphatic heterocycles. The molecule has 0 fully saturated rings. The van der Waals surface area contributed by atoms with Gasteiger partial charge in [0.2, 0.25) is 0 Å². The molecule has 96 valence electrons. The number of hydrogen-bond acceptors (Lipinski definition) is 3. The molecule has 2 aromatic rings. The Bertz CT molecular complexity index is 652. The number of benzene rings is 2. The topological polar surface area (TPSA) is 45.0 Å². The highest BCUT2D eigenvalue weighted by Crippen LogP contribution is 2.29. The average Bonchev–Trinajstić information content (AvgIpc) is 2.43. The Balaban J connectivity index is 2.29. The van der Waals surface area contributed by atoms with Crippen LogP contribution in [-0.4, -0.2) is 7.11 Å². The first-order chi connectivity index (χ1) is 9.13. The minimum Gasteiger partial charge on any atom is -0.494 e. The Labute approximate surface area is 118 Å². The SMILES string of the molecule is COc1cc(Nc2ccc(C#N)cc2Br)ccc1F. The van der Waals surface area contributed by atoms with Gasteiger partial charge in [0.15, 0.2) is 11.6 Å². The third-order valence-corrected chi connectivity index (χ3v) is 3.18. The van der Waals surface area contributed by atoms with Crippen molar-refractivity contribution in [3.63, 3.8) is 0 Å². The molecule has 0 saturated heterocycles. The smallest absolute Gasteiger partial charge is 0.165 e. The summed E-state index contributed by atoms with van der Waals surface area (Å²) in [6, 6.07) is 11.8. The van der Waals surface area contributed by atoms with Crippen LogP contribution in [-0.2, 0) is 0 Å². The number of halogens is 2. The lowest BCUT2D eigenvalue weighted by Crippen LogP contribution is -1.94. The van der Waals surface area contributed by atoms with E-state index in [4.69, 9.17) is 10.00 Å². The largest absolute Gasteiger partial charge is 0.494 e. The van der Waals surface area contributed by atoms with Crippen LogP contribution in [0.2, 0.25) is 0 Å². The van der Waals surface area contributed by atoms with E-state index in [9.17, 15) is 4.39 Å². The lowest BCUT2D eigenvalue weighted by Gasteiger charge is -2.10. The Kier molecular flexibility index (Phi) is 4.03. The number of nitrogens with zero attached hydrogens (tertiary/aromatic N) is 1. The van der Waals surface area contributed by atoms with Crippen molar-refractivity contribution in [2.45, 2.75) is 0 Å². The van der Waals surface area contributed by atoms with Crippen molar-refractivity contribution in [1.29, 1.82) is 5.26 Å². The average molecular weight is 321 g/mol. The van der Waals surface area contributed by atoms with Gasteiger partial charge in [0.1, 0.15) is 0 Å². The van der Waals surface area contributed by atoms with Gasteiger partial charge in [-0.25, -0.2) is 4.39 Å². The number of hydrogen-bond donors (Lipinski definition) is 1. The van der Waals surface area contributed by atoms with Crippen LogP contribution in [0.1, 0.15) is 5.56 Å². The van der Waals surface area contributed by atoms with Gasteiger partial charge in [-0.15, -0.1) is 0 Å². The molecule has 0 atom stereocenters. The van der Waals surface area contributed by atoms with Gasteiger partial charge in [-0.1, -0.05) is 0 Å². The Morgan fingerprint density at radius 2 is 2.05 bits per heavy atom. The molecule has 5 heteroatoms. The molecule has 2 aromatic carbocycles. The molecule has 19 heavy (non-hydrogen) atoms. The summed E-state index contributed by atoms with van der Waals surface area (Å²) in [7, 11) is 1.42. The van der Waals surface area contributed by atoms with Crippen molar-refractivity contribution in [2.24, 2.45) is 0 Å². The quantitative estimate of drug-likeness (QED) is 0.921. The molecule has 0 aliphatic carbocycles. The normalized spacial score (nSPS) is 9.79. The van der Waals surface area contributed by atoms with Gasteiger partial charge < -0.3 is 10.1 Å². The van der Waals surface area contributed by atoms with E-state index in [-0.39, 0.29) is 5.75 Å². The van der Waals surface area contributed by atoms with Crippen LogP contribution >= 0.6 is 15.9 Å². The van der Waals surface area contributed by atoms with Crippen molar-refractivity contribution >= 4 is 27.3 Å². The number of methoxy groups -OCH3 is 1. The van der Waals surface area contributed by atoms with Gasteiger partial charge in [0.25, 0.3) is 0 Å². The predicted octanol–water partition coefficient (Wildman–Crippen LogP) is 4.21. The summed E-state index contributed by atoms with van der Waals surface area (Å²) in [5.74, 6) is -0.235. The molecule has 0 unspecified atom stereocenters. The summed E-state index contributed by atoms with van der Waals surface area (Å²) in [6.45, 7) is 0. The predicted molar refractivity (Wildman–Crippen MR) is 75.1 cm³/mol. The molecular weight excluding hydrogens is 311 g/mol. The van der Waals surface area contributed by atoms with E-state index in [1.54, 1.807) is 30.3 Å². The zero-order valence-corrected chi connectivity index (χ0v) is 11.7. The van der Waals surface area contributed by atoms with E-state index in [0.717, 1.165) is 10.2 Å². The van der Waals surface area contributed by atoms with Crippen molar-refractivity contribution in [2.75, 3.05) is 12.4 Å². The fraction of sp³-hybridized carbons (Fsp3) is 0.0714. The monoisotopic (exact) mass is 320 g/mol. The molecule has 0 aromatic heterocycles. The summed E-state index contributed by atoms with van der Waals surface area (Å²) in [5, 5.41) is 11.9. The maximum Gasteiger partial charge on any atom is 0.165 e. The molecule has 0 spiro atoms. The maximum absolute atomic E-state index is 13.3. The van der Waals surface area contributed by atoms with Crippen LogP contribution in [0.5, 0.6) is 5.75 Å². The first-order valence-corrected chi connectivity index (χ1v) is 6.23. The Morgan fingerprint density at radius 1 is 1.26 bits per heavy atom. The first-order valence-electron chi connectivity index (χ1n) is 5.44. The van der Waals surface area contributed by atoms with Crippen molar-refractivity contribution in [3.05, 3.63) is 52.3 Å². The minimum atomic E-state index is -0.410. The third kappa shape index (κ3) is 3.04. The number of anilines is 2. The van der Waals surface area contributed by atoms with E-state index in [1.807, 2.05) is 0 Å². The first kappa shape index (κ1) is 13.4. The lowest BCUT2D eigenvalue weighted by molar-refractivity contribution is 0.387.